The van der Waals surface area contributed by atoms with Crippen molar-refractivity contribution in [2.75, 3.05) is 0 Å². The van der Waals surface area contributed by atoms with Crippen LogP contribution in [0.2, 0.25) is 0 Å². The van der Waals surface area contributed by atoms with Gasteiger partial charge in [-0.05, 0) is 37.6 Å². The normalized spacial score (nSPS) is 16.8. The van der Waals surface area contributed by atoms with Crippen LogP contribution in [0.4, 0.5) is 0 Å². The molecule has 0 fully saturated rings. The third kappa shape index (κ3) is 2.26. The van der Waals surface area contributed by atoms with Gasteiger partial charge >= 0.3 is 0 Å². The second-order valence-electron chi connectivity index (χ2n) is 5.15. The Morgan fingerprint density at radius 3 is 2.53 bits per heavy atom. The third-order valence-electron chi connectivity index (χ3n) is 3.47. The Balaban J connectivity index is 1.93. The average molecular weight is 252 g/mol. The molecule has 0 saturated heterocycles. The SMILES string of the molecule is Cc1ccc(C(=O)c2ccc3c(c2)CC(C)O3)cc1. The Kier molecular flexibility index (Phi) is 2.86. The van der Waals surface area contributed by atoms with Gasteiger partial charge in [0.1, 0.15) is 11.9 Å². The lowest BCUT2D eigenvalue weighted by Gasteiger charge is -2.04. The van der Waals surface area contributed by atoms with Crippen LogP contribution in [0, 0.1) is 6.92 Å². The molecular formula is C17H16O2. The summed E-state index contributed by atoms with van der Waals surface area (Å²) < 4.78 is 5.65. The van der Waals surface area contributed by atoms with Crippen LogP contribution in [0.25, 0.3) is 0 Å². The van der Waals surface area contributed by atoms with Crippen molar-refractivity contribution < 1.29 is 9.53 Å². The van der Waals surface area contributed by atoms with E-state index in [1.165, 1.54) is 0 Å². The smallest absolute Gasteiger partial charge is 0.193 e. The molecule has 0 N–H and O–H groups in total. The van der Waals surface area contributed by atoms with Gasteiger partial charge in [-0.3, -0.25) is 4.79 Å². The van der Waals surface area contributed by atoms with Gasteiger partial charge in [-0.25, -0.2) is 0 Å². The second kappa shape index (κ2) is 4.54. The monoisotopic (exact) mass is 252 g/mol. The molecule has 0 spiro atoms. The van der Waals surface area contributed by atoms with Gasteiger partial charge in [-0.2, -0.15) is 0 Å². The minimum atomic E-state index is 0.0716. The summed E-state index contributed by atoms with van der Waals surface area (Å²) in [7, 11) is 0. The zero-order chi connectivity index (χ0) is 13.4. The molecule has 1 aliphatic rings. The molecule has 2 heteroatoms. The number of benzene rings is 2. The summed E-state index contributed by atoms with van der Waals surface area (Å²) in [6.07, 6.45) is 1.09. The molecule has 2 nitrogen and oxygen atoms in total. The van der Waals surface area contributed by atoms with Crippen LogP contribution in [0.3, 0.4) is 0 Å². The van der Waals surface area contributed by atoms with E-state index < -0.39 is 0 Å². The Morgan fingerprint density at radius 2 is 1.79 bits per heavy atom. The third-order valence-corrected chi connectivity index (χ3v) is 3.47. The minimum Gasteiger partial charge on any atom is -0.490 e. The molecule has 0 aromatic heterocycles. The van der Waals surface area contributed by atoms with E-state index in [9.17, 15) is 4.79 Å². The van der Waals surface area contributed by atoms with Crippen molar-refractivity contribution in [3.05, 3.63) is 64.7 Å². The molecular weight excluding hydrogens is 236 g/mol. The molecule has 19 heavy (non-hydrogen) atoms. The summed E-state index contributed by atoms with van der Waals surface area (Å²) in [5.41, 5.74) is 3.76. The molecule has 1 heterocycles. The fraction of sp³-hybridized carbons (Fsp3) is 0.235. The number of hydrogen-bond donors (Lipinski definition) is 0. The first-order valence-corrected chi connectivity index (χ1v) is 6.54. The summed E-state index contributed by atoms with van der Waals surface area (Å²) >= 11 is 0. The summed E-state index contributed by atoms with van der Waals surface area (Å²) in [4.78, 5) is 12.4. The molecule has 96 valence electrons. The standard InChI is InChI=1S/C17H16O2/c1-11-3-5-13(6-4-11)17(18)14-7-8-16-15(10-14)9-12(2)19-16/h3-8,10,12H,9H2,1-2H3. The van der Waals surface area contributed by atoms with Gasteiger partial charge < -0.3 is 4.74 Å². The van der Waals surface area contributed by atoms with Crippen LogP contribution in [-0.4, -0.2) is 11.9 Å². The Hall–Kier alpha value is -2.09. The molecule has 0 aliphatic carbocycles. The highest BCUT2D eigenvalue weighted by Gasteiger charge is 2.20. The second-order valence-corrected chi connectivity index (χ2v) is 5.15. The van der Waals surface area contributed by atoms with Crippen molar-refractivity contribution in [3.8, 4) is 5.75 Å². The highest BCUT2D eigenvalue weighted by Crippen LogP contribution is 2.30. The van der Waals surface area contributed by atoms with Crippen molar-refractivity contribution in [1.82, 2.24) is 0 Å². The van der Waals surface area contributed by atoms with Crippen LogP contribution in [0.15, 0.2) is 42.5 Å². The number of aryl methyl sites for hydroxylation is 1. The molecule has 0 bridgehead atoms. The summed E-state index contributed by atoms with van der Waals surface area (Å²) in [5, 5.41) is 0. The van der Waals surface area contributed by atoms with Gasteiger partial charge in [0, 0.05) is 17.5 Å². The summed E-state index contributed by atoms with van der Waals surface area (Å²) in [6.45, 7) is 4.06. The molecule has 2 aromatic carbocycles. The number of carbonyl (C=O) groups excluding carboxylic acids is 1. The molecule has 1 aliphatic heterocycles. The Bertz CT molecular complexity index is 626. The lowest BCUT2D eigenvalue weighted by Crippen LogP contribution is -2.05. The van der Waals surface area contributed by atoms with Crippen molar-refractivity contribution >= 4 is 5.78 Å². The van der Waals surface area contributed by atoms with Gasteiger partial charge in [0.2, 0.25) is 0 Å². The molecule has 3 rings (SSSR count). The zero-order valence-electron chi connectivity index (χ0n) is 11.1. The first-order chi connectivity index (χ1) is 9.13. The predicted octanol–water partition coefficient (Wildman–Crippen LogP) is 3.55. The van der Waals surface area contributed by atoms with Crippen LogP contribution >= 0.6 is 0 Å². The molecule has 0 radical (unpaired) electrons. The zero-order valence-corrected chi connectivity index (χ0v) is 11.1. The van der Waals surface area contributed by atoms with Gasteiger partial charge in [0.25, 0.3) is 0 Å². The van der Waals surface area contributed by atoms with E-state index in [0.717, 1.165) is 34.4 Å². The van der Waals surface area contributed by atoms with Crippen molar-refractivity contribution in [2.45, 2.75) is 26.4 Å². The van der Waals surface area contributed by atoms with Crippen LogP contribution < -0.4 is 4.74 Å². The van der Waals surface area contributed by atoms with Crippen LogP contribution in [0.1, 0.15) is 34.0 Å². The Morgan fingerprint density at radius 1 is 1.11 bits per heavy atom. The van der Waals surface area contributed by atoms with E-state index in [4.69, 9.17) is 4.74 Å². The Labute approximate surface area is 113 Å². The summed E-state index contributed by atoms with van der Waals surface area (Å²) in [5.74, 6) is 0.982. The molecule has 0 saturated carbocycles. The maximum absolute atomic E-state index is 12.4. The topological polar surface area (TPSA) is 26.3 Å². The first-order valence-electron chi connectivity index (χ1n) is 6.54. The fourth-order valence-electron chi connectivity index (χ4n) is 2.43. The van der Waals surface area contributed by atoms with E-state index in [0.29, 0.717) is 0 Å². The van der Waals surface area contributed by atoms with E-state index in [1.807, 2.05) is 56.3 Å². The maximum Gasteiger partial charge on any atom is 0.193 e. The van der Waals surface area contributed by atoms with Crippen LogP contribution in [-0.2, 0) is 6.42 Å². The highest BCUT2D eigenvalue weighted by atomic mass is 16.5. The number of carbonyl (C=O) groups is 1. The van der Waals surface area contributed by atoms with Gasteiger partial charge in [-0.15, -0.1) is 0 Å². The van der Waals surface area contributed by atoms with Gasteiger partial charge in [0.15, 0.2) is 5.78 Å². The largest absolute Gasteiger partial charge is 0.490 e. The van der Waals surface area contributed by atoms with E-state index >= 15 is 0 Å². The number of ketones is 1. The average Bonchev–Trinajstić information content (AvgIpc) is 2.77. The molecule has 1 unspecified atom stereocenters. The molecule has 2 aromatic rings. The van der Waals surface area contributed by atoms with Crippen molar-refractivity contribution in [1.29, 1.82) is 0 Å². The lowest BCUT2D eigenvalue weighted by atomic mass is 9.99. The van der Waals surface area contributed by atoms with Gasteiger partial charge in [0.05, 0.1) is 0 Å². The number of ether oxygens (including phenoxy) is 1. The molecule has 0 amide bonds. The number of hydrogen-bond acceptors (Lipinski definition) is 2. The minimum absolute atomic E-state index is 0.0716. The van der Waals surface area contributed by atoms with E-state index in [-0.39, 0.29) is 11.9 Å². The van der Waals surface area contributed by atoms with Gasteiger partial charge in [-0.1, -0.05) is 29.8 Å². The predicted molar refractivity (Wildman–Crippen MR) is 74.8 cm³/mol. The van der Waals surface area contributed by atoms with E-state index in [2.05, 4.69) is 0 Å². The van der Waals surface area contributed by atoms with E-state index in [1.54, 1.807) is 0 Å². The van der Waals surface area contributed by atoms with Crippen molar-refractivity contribution in [3.63, 3.8) is 0 Å². The highest BCUT2D eigenvalue weighted by molar-refractivity contribution is 6.09. The molecule has 1 atom stereocenters. The summed E-state index contributed by atoms with van der Waals surface area (Å²) in [6, 6.07) is 13.4. The van der Waals surface area contributed by atoms with Crippen molar-refractivity contribution in [2.24, 2.45) is 0 Å². The first kappa shape index (κ1) is 12.0. The quantitative estimate of drug-likeness (QED) is 0.764. The lowest BCUT2D eigenvalue weighted by molar-refractivity contribution is 0.103. The maximum atomic E-state index is 12.4. The number of fused-ring (bicyclic) bond motifs is 1. The number of rotatable bonds is 2. The van der Waals surface area contributed by atoms with Crippen LogP contribution in [0.5, 0.6) is 5.75 Å². The fourth-order valence-corrected chi connectivity index (χ4v) is 2.43.